The van der Waals surface area contributed by atoms with Crippen molar-refractivity contribution >= 4 is 16.9 Å². The minimum absolute atomic E-state index is 0.0199. The summed E-state index contributed by atoms with van der Waals surface area (Å²) in [4.78, 5) is 19.7. The molecule has 0 saturated heterocycles. The van der Waals surface area contributed by atoms with E-state index in [0.717, 1.165) is 0 Å². The van der Waals surface area contributed by atoms with E-state index in [2.05, 4.69) is 20.8 Å². The maximum atomic E-state index is 12.9. The van der Waals surface area contributed by atoms with Crippen molar-refractivity contribution in [2.75, 3.05) is 0 Å². The van der Waals surface area contributed by atoms with Crippen LogP contribution in [0, 0.1) is 11.3 Å². The van der Waals surface area contributed by atoms with Gasteiger partial charge in [0.1, 0.15) is 29.6 Å². The average molecular weight is 449 g/mol. The number of benzene rings is 2. The number of primary amides is 1. The zero-order chi connectivity index (χ0) is 23.4. The molecule has 4 rings (SSSR count). The summed E-state index contributed by atoms with van der Waals surface area (Å²) in [6, 6.07) is 16.6. The second-order valence-corrected chi connectivity index (χ2v) is 6.95. The number of fused-ring (bicyclic) bond motifs is 1. The minimum atomic E-state index is -2.96. The summed E-state index contributed by atoms with van der Waals surface area (Å²) < 4.78 is 37.9. The van der Waals surface area contributed by atoms with Crippen LogP contribution in [0.25, 0.3) is 11.0 Å². The molecule has 1 amide bonds. The summed E-state index contributed by atoms with van der Waals surface area (Å²) in [6.45, 7) is -2.78. The number of carbonyl (C=O) groups is 1. The Kier molecular flexibility index (Phi) is 6.13. The van der Waals surface area contributed by atoms with Crippen LogP contribution in [-0.2, 0) is 13.2 Å². The summed E-state index contributed by atoms with van der Waals surface area (Å²) in [5, 5.41) is 9.29. The molecule has 0 spiro atoms. The van der Waals surface area contributed by atoms with Crippen molar-refractivity contribution in [2.45, 2.75) is 19.8 Å². The van der Waals surface area contributed by atoms with Crippen molar-refractivity contribution < 1.29 is 23.0 Å². The van der Waals surface area contributed by atoms with Gasteiger partial charge in [0.25, 0.3) is 5.91 Å². The molecule has 0 aliphatic rings. The van der Waals surface area contributed by atoms with E-state index in [1.807, 2.05) is 0 Å². The topological polar surface area (TPSA) is 116 Å². The number of halogens is 2. The third kappa shape index (κ3) is 4.88. The van der Waals surface area contributed by atoms with E-state index in [9.17, 15) is 18.8 Å². The zero-order valence-corrected chi connectivity index (χ0v) is 17.1. The number of amides is 1. The van der Waals surface area contributed by atoms with E-state index in [1.165, 1.54) is 18.3 Å². The molecule has 8 nitrogen and oxygen atoms in total. The second kappa shape index (κ2) is 9.32. The van der Waals surface area contributed by atoms with E-state index in [4.69, 9.17) is 10.5 Å². The molecule has 4 aromatic rings. The normalized spacial score (nSPS) is 10.8. The predicted octanol–water partition coefficient (Wildman–Crippen LogP) is 3.63. The van der Waals surface area contributed by atoms with Gasteiger partial charge in [-0.15, -0.1) is 0 Å². The van der Waals surface area contributed by atoms with Crippen molar-refractivity contribution in [2.24, 2.45) is 5.73 Å². The van der Waals surface area contributed by atoms with Crippen LogP contribution in [0.3, 0.4) is 0 Å². The maximum absolute atomic E-state index is 12.9. The van der Waals surface area contributed by atoms with Crippen LogP contribution in [0.1, 0.15) is 27.4 Å². The molecule has 2 N–H and O–H groups in total. The summed E-state index contributed by atoms with van der Waals surface area (Å²) >= 11 is 0. The first-order valence-corrected chi connectivity index (χ1v) is 9.75. The van der Waals surface area contributed by atoms with E-state index in [1.54, 1.807) is 47.0 Å². The SMILES string of the molecule is N#Cc1ccc2nc(COc3ccc(C(N)=O)nc3)n(Cc3ccccc3OC(F)F)c2c1. The van der Waals surface area contributed by atoms with Crippen molar-refractivity contribution in [3.63, 3.8) is 0 Å². The highest BCUT2D eigenvalue weighted by molar-refractivity contribution is 5.90. The molecule has 33 heavy (non-hydrogen) atoms. The average Bonchev–Trinajstić information content (AvgIpc) is 3.15. The Labute approximate surface area is 186 Å². The van der Waals surface area contributed by atoms with Gasteiger partial charge in [-0.3, -0.25) is 4.79 Å². The predicted molar refractivity (Wildman–Crippen MR) is 114 cm³/mol. The van der Waals surface area contributed by atoms with Gasteiger partial charge in [0.05, 0.1) is 35.4 Å². The molecule has 2 heterocycles. The second-order valence-electron chi connectivity index (χ2n) is 6.95. The number of imidazole rings is 1. The number of rotatable bonds is 8. The van der Waals surface area contributed by atoms with Gasteiger partial charge in [-0.2, -0.15) is 14.0 Å². The Balaban J connectivity index is 1.69. The smallest absolute Gasteiger partial charge is 0.387 e. The zero-order valence-electron chi connectivity index (χ0n) is 17.1. The number of nitriles is 1. The van der Waals surface area contributed by atoms with Crippen LogP contribution in [0.15, 0.2) is 60.8 Å². The van der Waals surface area contributed by atoms with Gasteiger partial charge in [-0.1, -0.05) is 18.2 Å². The Morgan fingerprint density at radius 1 is 1.18 bits per heavy atom. The highest BCUT2D eigenvalue weighted by Gasteiger charge is 2.16. The number of ether oxygens (including phenoxy) is 2. The minimum Gasteiger partial charge on any atom is -0.484 e. The number of aromatic nitrogens is 3. The lowest BCUT2D eigenvalue weighted by atomic mass is 10.2. The molecule has 0 aliphatic heterocycles. The Bertz CT molecular complexity index is 1350. The molecule has 0 saturated carbocycles. The molecular formula is C23H17F2N5O3. The lowest BCUT2D eigenvalue weighted by molar-refractivity contribution is -0.0504. The molecule has 0 atom stereocenters. The molecule has 0 radical (unpaired) electrons. The number of para-hydroxylation sites is 1. The molecule has 0 bridgehead atoms. The largest absolute Gasteiger partial charge is 0.484 e. The molecular weight excluding hydrogens is 432 g/mol. The first-order valence-electron chi connectivity index (χ1n) is 9.75. The van der Waals surface area contributed by atoms with Gasteiger partial charge in [-0.05, 0) is 36.4 Å². The van der Waals surface area contributed by atoms with Gasteiger partial charge in [0.15, 0.2) is 0 Å². The van der Waals surface area contributed by atoms with Crippen molar-refractivity contribution in [1.82, 2.24) is 14.5 Å². The number of hydrogen-bond donors (Lipinski definition) is 1. The first-order chi connectivity index (χ1) is 15.9. The summed E-state index contributed by atoms with van der Waals surface area (Å²) in [5.74, 6) is 0.272. The van der Waals surface area contributed by atoms with Crippen molar-refractivity contribution in [3.8, 4) is 17.6 Å². The highest BCUT2D eigenvalue weighted by Crippen LogP contribution is 2.26. The Morgan fingerprint density at radius 3 is 2.70 bits per heavy atom. The number of nitrogens with zero attached hydrogens (tertiary/aromatic N) is 4. The fraction of sp³-hybridized carbons (Fsp3) is 0.130. The summed E-state index contributed by atoms with van der Waals surface area (Å²) in [7, 11) is 0. The van der Waals surface area contributed by atoms with E-state index in [-0.39, 0.29) is 24.6 Å². The quantitative estimate of drug-likeness (QED) is 0.439. The van der Waals surface area contributed by atoms with Crippen LogP contribution >= 0.6 is 0 Å². The summed E-state index contributed by atoms with van der Waals surface area (Å²) in [5.41, 5.74) is 7.49. The molecule has 0 aliphatic carbocycles. The number of hydrogen-bond acceptors (Lipinski definition) is 6. The van der Waals surface area contributed by atoms with Gasteiger partial charge in [0, 0.05) is 5.56 Å². The van der Waals surface area contributed by atoms with Gasteiger partial charge >= 0.3 is 6.61 Å². The van der Waals surface area contributed by atoms with Crippen LogP contribution in [0.5, 0.6) is 11.5 Å². The van der Waals surface area contributed by atoms with Gasteiger partial charge < -0.3 is 19.8 Å². The van der Waals surface area contributed by atoms with Crippen LogP contribution in [0.4, 0.5) is 8.78 Å². The third-order valence-corrected chi connectivity index (χ3v) is 4.83. The molecule has 166 valence electrons. The molecule has 10 heteroatoms. The van der Waals surface area contributed by atoms with Crippen LogP contribution in [-0.4, -0.2) is 27.1 Å². The standard InChI is InChI=1S/C23H17F2N5O3/c24-23(25)33-20-4-2-1-3-15(20)12-30-19-9-14(10-26)5-7-17(19)29-21(30)13-32-16-6-8-18(22(27)31)28-11-16/h1-9,11,23H,12-13H2,(H2,27,31). The first kappa shape index (κ1) is 21.7. The van der Waals surface area contributed by atoms with Crippen molar-refractivity contribution in [3.05, 3.63) is 83.4 Å². The summed E-state index contributed by atoms with van der Waals surface area (Å²) in [6.07, 6.45) is 1.37. The number of pyridine rings is 1. The maximum Gasteiger partial charge on any atom is 0.387 e. The number of nitrogens with two attached hydrogens (primary N) is 1. The van der Waals surface area contributed by atoms with Gasteiger partial charge in [0.2, 0.25) is 0 Å². The number of carbonyl (C=O) groups excluding carboxylic acids is 1. The lowest BCUT2D eigenvalue weighted by Gasteiger charge is -2.14. The van der Waals surface area contributed by atoms with E-state index < -0.39 is 12.5 Å². The number of alkyl halides is 2. The fourth-order valence-corrected chi connectivity index (χ4v) is 3.30. The lowest BCUT2D eigenvalue weighted by Crippen LogP contribution is -2.13. The van der Waals surface area contributed by atoms with Crippen LogP contribution < -0.4 is 15.2 Å². The molecule has 2 aromatic heterocycles. The monoisotopic (exact) mass is 449 g/mol. The molecule has 0 fully saturated rings. The Hall–Kier alpha value is -4.52. The van der Waals surface area contributed by atoms with Gasteiger partial charge in [-0.25, -0.2) is 9.97 Å². The highest BCUT2D eigenvalue weighted by atomic mass is 19.3. The van der Waals surface area contributed by atoms with E-state index >= 15 is 0 Å². The van der Waals surface area contributed by atoms with E-state index in [0.29, 0.717) is 33.7 Å². The molecule has 0 unspecified atom stereocenters. The third-order valence-electron chi connectivity index (χ3n) is 4.83. The van der Waals surface area contributed by atoms with Crippen LogP contribution in [0.2, 0.25) is 0 Å². The van der Waals surface area contributed by atoms with Crippen molar-refractivity contribution in [1.29, 1.82) is 5.26 Å². The fourth-order valence-electron chi connectivity index (χ4n) is 3.30. The Morgan fingerprint density at radius 2 is 2.00 bits per heavy atom. The molecule has 2 aromatic carbocycles.